The first kappa shape index (κ1) is 23.9. The van der Waals surface area contributed by atoms with Crippen LogP contribution in [-0.2, 0) is 6.54 Å². The van der Waals surface area contributed by atoms with Crippen LogP contribution in [0, 0.1) is 12.3 Å². The zero-order valence-electron chi connectivity index (χ0n) is 21.0. The van der Waals surface area contributed by atoms with E-state index in [1.807, 2.05) is 61.5 Å². The Balaban J connectivity index is 1.33. The summed E-state index contributed by atoms with van der Waals surface area (Å²) in [4.78, 5) is 17.5. The molecule has 0 saturated heterocycles. The number of pyridine rings is 1. The minimum absolute atomic E-state index is 0.0623. The lowest BCUT2D eigenvalue weighted by atomic mass is 10.0. The normalized spacial score (nSPS) is 11.1. The molecule has 3 aromatic heterocycles. The molecule has 10 heteroatoms. The number of nitrogens with zero attached hydrogens (tertiary/aromatic N) is 4. The fourth-order valence-corrected chi connectivity index (χ4v) is 4.46. The molecular weight excluding hydrogens is 492 g/mol. The van der Waals surface area contributed by atoms with Crippen LogP contribution in [0.15, 0.2) is 83.5 Å². The van der Waals surface area contributed by atoms with Gasteiger partial charge in [0.2, 0.25) is 5.88 Å². The summed E-state index contributed by atoms with van der Waals surface area (Å²) in [7, 11) is 0. The molecule has 6 rings (SSSR count). The Bertz CT molecular complexity index is 1850. The molecule has 0 amide bonds. The second-order valence-corrected chi connectivity index (χ2v) is 8.95. The van der Waals surface area contributed by atoms with Crippen LogP contribution in [0.2, 0.25) is 0 Å². The van der Waals surface area contributed by atoms with Crippen LogP contribution in [-0.4, -0.2) is 25.6 Å². The van der Waals surface area contributed by atoms with Crippen LogP contribution in [0.4, 0.5) is 17.7 Å². The molecule has 0 saturated carbocycles. The van der Waals surface area contributed by atoms with Crippen LogP contribution in [0.1, 0.15) is 22.4 Å². The third-order valence-electron chi connectivity index (χ3n) is 6.30. The summed E-state index contributed by atoms with van der Waals surface area (Å²) in [6, 6.07) is 22.9. The number of rotatable bonds is 7. The Morgan fingerprint density at radius 2 is 1.82 bits per heavy atom. The van der Waals surface area contributed by atoms with Gasteiger partial charge in [-0.3, -0.25) is 5.41 Å². The zero-order chi connectivity index (χ0) is 26.9. The number of benzene rings is 3. The van der Waals surface area contributed by atoms with E-state index in [0.29, 0.717) is 46.2 Å². The van der Waals surface area contributed by atoms with Gasteiger partial charge >= 0.3 is 0 Å². The Hall–Kier alpha value is -5.51. The van der Waals surface area contributed by atoms with Crippen LogP contribution < -0.4 is 21.5 Å². The van der Waals surface area contributed by atoms with E-state index in [-0.39, 0.29) is 17.5 Å². The molecule has 10 nitrogen and oxygen atoms in total. The molecule has 0 fully saturated rings. The summed E-state index contributed by atoms with van der Waals surface area (Å²) >= 11 is 0. The van der Waals surface area contributed by atoms with E-state index >= 15 is 0 Å². The molecule has 0 atom stereocenters. The van der Waals surface area contributed by atoms with Crippen molar-refractivity contribution in [1.29, 1.82) is 5.41 Å². The first-order valence-corrected chi connectivity index (χ1v) is 12.2. The Kier molecular flexibility index (Phi) is 5.96. The maximum Gasteiger partial charge on any atom is 0.292 e. The number of nitrogens with two attached hydrogens (primary N) is 2. The Morgan fingerprint density at radius 1 is 0.974 bits per heavy atom. The summed E-state index contributed by atoms with van der Waals surface area (Å²) in [6.45, 7) is 2.34. The van der Waals surface area contributed by atoms with Gasteiger partial charge in [0, 0.05) is 10.9 Å². The molecule has 0 aliphatic heterocycles. The van der Waals surface area contributed by atoms with Gasteiger partial charge in [0.1, 0.15) is 29.2 Å². The van der Waals surface area contributed by atoms with Gasteiger partial charge in [0.15, 0.2) is 5.58 Å². The quantitative estimate of drug-likeness (QED) is 0.202. The van der Waals surface area contributed by atoms with Crippen molar-refractivity contribution in [3.05, 3.63) is 102 Å². The van der Waals surface area contributed by atoms with Crippen LogP contribution in [0.5, 0.6) is 11.6 Å². The zero-order valence-corrected chi connectivity index (χ0v) is 21.0. The molecule has 0 aliphatic rings. The summed E-state index contributed by atoms with van der Waals surface area (Å²) < 4.78 is 11.5. The van der Waals surface area contributed by atoms with Gasteiger partial charge in [-0.05, 0) is 54.3 Å². The fourth-order valence-electron chi connectivity index (χ4n) is 4.46. The fraction of sp³-hybridized carbons (Fsp3) is 0.0690. The lowest BCUT2D eigenvalue weighted by Gasteiger charge is -2.15. The molecule has 0 unspecified atom stereocenters. The Morgan fingerprint density at radius 3 is 2.67 bits per heavy atom. The van der Waals surface area contributed by atoms with Crippen molar-refractivity contribution in [2.45, 2.75) is 13.5 Å². The summed E-state index contributed by atoms with van der Waals surface area (Å²) in [6.07, 6.45) is 1.36. The molecule has 6 aromatic rings. The van der Waals surface area contributed by atoms with Crippen molar-refractivity contribution in [3.63, 3.8) is 0 Å². The predicted octanol–water partition coefficient (Wildman–Crippen LogP) is 5.46. The predicted molar refractivity (Wildman–Crippen MR) is 151 cm³/mol. The van der Waals surface area contributed by atoms with E-state index in [0.717, 1.165) is 22.0 Å². The number of hydrogen-bond donors (Lipinski definition) is 4. The number of aryl methyl sites for hydroxylation is 1. The SMILES string of the molecule is Cc1cccc2cc(CNc3ncnc(N)c3C(=N)c3ccc4oc(N)nc4c3)nc(Oc3ccccc3)c12. The minimum atomic E-state index is 0.0623. The van der Waals surface area contributed by atoms with E-state index in [9.17, 15) is 0 Å². The van der Waals surface area contributed by atoms with E-state index in [2.05, 4.69) is 20.3 Å². The third kappa shape index (κ3) is 4.66. The topological polar surface area (TPSA) is 162 Å². The number of hydrogen-bond acceptors (Lipinski definition) is 10. The number of nitrogen functional groups attached to an aromatic ring is 2. The molecular formula is C29H24N8O2. The lowest BCUT2D eigenvalue weighted by Crippen LogP contribution is -2.14. The molecule has 192 valence electrons. The van der Waals surface area contributed by atoms with Gasteiger partial charge in [-0.2, -0.15) is 4.98 Å². The second-order valence-electron chi connectivity index (χ2n) is 8.95. The summed E-state index contributed by atoms with van der Waals surface area (Å²) in [5.41, 5.74) is 15.8. The average Bonchev–Trinajstić information content (AvgIpc) is 3.31. The smallest absolute Gasteiger partial charge is 0.292 e. The standard InChI is InChI=1S/C29H24N8O2/c1-16-6-5-7-17-12-19(36-28(23(16)17)38-20-8-3-2-4-9-20)14-33-27-24(26(31)34-15-35-27)25(30)18-10-11-22-21(13-18)37-29(32)39-22/h2-13,15,30H,14H2,1H3,(H2,32,37)(H3,31,33,34,35). The second kappa shape index (κ2) is 9.75. The van der Waals surface area contributed by atoms with Crippen molar-refractivity contribution in [1.82, 2.24) is 19.9 Å². The van der Waals surface area contributed by atoms with E-state index in [1.54, 1.807) is 18.2 Å². The number of fused-ring (bicyclic) bond motifs is 2. The first-order valence-electron chi connectivity index (χ1n) is 12.2. The van der Waals surface area contributed by atoms with Crippen LogP contribution in [0.25, 0.3) is 21.9 Å². The van der Waals surface area contributed by atoms with Crippen molar-refractivity contribution >= 4 is 45.2 Å². The maximum atomic E-state index is 8.88. The number of oxazole rings is 1. The molecule has 0 bridgehead atoms. The van der Waals surface area contributed by atoms with Gasteiger partial charge < -0.3 is 25.9 Å². The van der Waals surface area contributed by atoms with Gasteiger partial charge in [-0.15, -0.1) is 0 Å². The maximum absolute atomic E-state index is 8.88. The number of para-hydroxylation sites is 1. The van der Waals surface area contributed by atoms with Gasteiger partial charge in [-0.1, -0.05) is 36.4 Å². The monoisotopic (exact) mass is 516 g/mol. The van der Waals surface area contributed by atoms with E-state index in [4.69, 9.17) is 31.0 Å². The van der Waals surface area contributed by atoms with Crippen LogP contribution >= 0.6 is 0 Å². The highest BCUT2D eigenvalue weighted by atomic mass is 16.5. The van der Waals surface area contributed by atoms with Gasteiger partial charge in [-0.25, -0.2) is 15.0 Å². The largest absolute Gasteiger partial charge is 0.438 e. The minimum Gasteiger partial charge on any atom is -0.438 e. The first-order chi connectivity index (χ1) is 19.0. The highest BCUT2D eigenvalue weighted by Gasteiger charge is 2.18. The average molecular weight is 517 g/mol. The number of anilines is 3. The molecule has 39 heavy (non-hydrogen) atoms. The van der Waals surface area contributed by atoms with Gasteiger partial charge in [0.05, 0.1) is 23.5 Å². The number of nitrogens with one attached hydrogen (secondary N) is 2. The van der Waals surface area contributed by atoms with E-state index in [1.165, 1.54) is 6.33 Å². The van der Waals surface area contributed by atoms with E-state index < -0.39 is 0 Å². The third-order valence-corrected chi connectivity index (χ3v) is 6.30. The highest BCUT2D eigenvalue weighted by Crippen LogP contribution is 2.32. The number of aromatic nitrogens is 4. The van der Waals surface area contributed by atoms with Crippen molar-refractivity contribution in [3.8, 4) is 11.6 Å². The van der Waals surface area contributed by atoms with Crippen LogP contribution in [0.3, 0.4) is 0 Å². The van der Waals surface area contributed by atoms with Gasteiger partial charge in [0.25, 0.3) is 6.01 Å². The lowest BCUT2D eigenvalue weighted by molar-refractivity contribution is 0.467. The number of ether oxygens (including phenoxy) is 1. The summed E-state index contributed by atoms with van der Waals surface area (Å²) in [5, 5.41) is 14.1. The Labute approximate surface area is 223 Å². The molecule has 3 aromatic carbocycles. The highest BCUT2D eigenvalue weighted by molar-refractivity contribution is 6.17. The van der Waals surface area contributed by atoms with Crippen molar-refractivity contribution < 1.29 is 9.15 Å². The summed E-state index contributed by atoms with van der Waals surface area (Å²) in [5.74, 6) is 1.80. The molecule has 3 heterocycles. The molecule has 6 N–H and O–H groups in total. The van der Waals surface area contributed by atoms with Crippen molar-refractivity contribution in [2.75, 3.05) is 16.8 Å². The van der Waals surface area contributed by atoms with Crippen molar-refractivity contribution in [2.24, 2.45) is 0 Å². The molecule has 0 aliphatic carbocycles. The molecule has 0 radical (unpaired) electrons. The molecule has 0 spiro atoms.